The first-order valence-electron chi connectivity index (χ1n) is 7.64. The molecule has 1 saturated heterocycles. The van der Waals surface area contributed by atoms with Crippen LogP contribution in [0.25, 0.3) is 0 Å². The molecule has 0 saturated carbocycles. The smallest absolute Gasteiger partial charge is 0.353 e. The van der Waals surface area contributed by atoms with Crippen molar-refractivity contribution in [1.29, 1.82) is 0 Å². The first-order chi connectivity index (χ1) is 10.1. The minimum Gasteiger partial charge on any atom is -0.362 e. The van der Waals surface area contributed by atoms with Crippen molar-refractivity contribution in [3.63, 3.8) is 0 Å². The van der Waals surface area contributed by atoms with E-state index in [1.165, 1.54) is 19.2 Å². The predicted octanol–water partition coefficient (Wildman–Crippen LogP) is 2.98. The van der Waals surface area contributed by atoms with Crippen molar-refractivity contribution >= 4 is 17.3 Å². The molecule has 0 amide bonds. The van der Waals surface area contributed by atoms with Gasteiger partial charge in [-0.05, 0) is 26.2 Å². The van der Waals surface area contributed by atoms with Crippen LogP contribution in [0.3, 0.4) is 0 Å². The van der Waals surface area contributed by atoms with Gasteiger partial charge >= 0.3 is 5.69 Å². The van der Waals surface area contributed by atoms with Crippen LogP contribution in [0.2, 0.25) is 0 Å². The molecule has 1 fully saturated rings. The summed E-state index contributed by atoms with van der Waals surface area (Å²) in [5.74, 6) is 0.770. The molecule has 0 radical (unpaired) electrons. The lowest BCUT2D eigenvalue weighted by atomic mass is 10.2. The fraction of sp³-hybridized carbons (Fsp3) is 0.714. The normalized spacial score (nSPS) is 17.1. The van der Waals surface area contributed by atoms with Gasteiger partial charge in [-0.1, -0.05) is 19.8 Å². The predicted molar refractivity (Wildman–Crippen MR) is 82.7 cm³/mol. The Morgan fingerprint density at radius 1 is 1.33 bits per heavy atom. The van der Waals surface area contributed by atoms with Crippen molar-refractivity contribution in [2.24, 2.45) is 0 Å². The molecule has 116 valence electrons. The van der Waals surface area contributed by atoms with Crippen LogP contribution in [0.1, 0.15) is 46.0 Å². The highest BCUT2D eigenvalue weighted by Gasteiger charge is 2.27. The summed E-state index contributed by atoms with van der Waals surface area (Å²) >= 11 is 0. The summed E-state index contributed by atoms with van der Waals surface area (Å²) in [4.78, 5) is 21.4. The Hall–Kier alpha value is -1.92. The lowest BCUT2D eigenvalue weighted by molar-refractivity contribution is -0.383. The Morgan fingerprint density at radius 2 is 2.00 bits per heavy atom. The lowest BCUT2D eigenvalue weighted by Gasteiger charge is -2.22. The molecule has 2 rings (SSSR count). The average molecular weight is 293 g/mol. The fourth-order valence-electron chi connectivity index (χ4n) is 2.49. The molecule has 21 heavy (non-hydrogen) atoms. The first-order valence-corrected chi connectivity index (χ1v) is 7.64. The summed E-state index contributed by atoms with van der Waals surface area (Å²) in [7, 11) is 0. The topological polar surface area (TPSA) is 84.2 Å². The Morgan fingerprint density at radius 3 is 2.57 bits per heavy atom. The first kappa shape index (κ1) is 15.5. The van der Waals surface area contributed by atoms with Crippen LogP contribution in [0.4, 0.5) is 17.3 Å². The van der Waals surface area contributed by atoms with Crippen LogP contribution in [0.15, 0.2) is 6.33 Å². The molecule has 1 aliphatic heterocycles. The molecule has 7 heteroatoms. The quantitative estimate of drug-likeness (QED) is 0.663. The molecule has 0 bridgehead atoms. The minimum atomic E-state index is -0.370. The second kappa shape index (κ2) is 7.19. The standard InChI is InChI=1S/C14H23N5O2/c1-3-11(2)17-13-12(19(20)21)14(16-10-15-13)18-8-6-4-5-7-9-18/h10-11H,3-9H2,1-2H3,(H,15,16,17). The summed E-state index contributed by atoms with van der Waals surface area (Å²) in [5.41, 5.74) is -0.000278. The molecule has 1 aliphatic rings. The van der Waals surface area contributed by atoms with E-state index < -0.39 is 0 Å². The lowest BCUT2D eigenvalue weighted by Crippen LogP contribution is -2.27. The molecule has 1 atom stereocenters. The Balaban J connectivity index is 2.35. The molecule has 1 aromatic rings. The number of nitrogens with zero attached hydrogens (tertiary/aromatic N) is 4. The van der Waals surface area contributed by atoms with E-state index in [1.54, 1.807) is 0 Å². The molecule has 0 spiro atoms. The number of nitro groups is 1. The maximum Gasteiger partial charge on any atom is 0.353 e. The van der Waals surface area contributed by atoms with Gasteiger partial charge in [0.15, 0.2) is 0 Å². The second-order valence-electron chi connectivity index (χ2n) is 5.51. The van der Waals surface area contributed by atoms with Crippen molar-refractivity contribution in [2.45, 2.75) is 52.0 Å². The Labute approximate surface area is 124 Å². The SMILES string of the molecule is CCC(C)Nc1ncnc(N2CCCCCC2)c1[N+](=O)[O-]. The van der Waals surface area contributed by atoms with Crippen molar-refractivity contribution in [1.82, 2.24) is 9.97 Å². The van der Waals surface area contributed by atoms with Gasteiger partial charge in [0.25, 0.3) is 0 Å². The van der Waals surface area contributed by atoms with Gasteiger partial charge in [-0.3, -0.25) is 10.1 Å². The maximum atomic E-state index is 11.5. The molecule has 1 N–H and O–H groups in total. The van der Waals surface area contributed by atoms with Gasteiger partial charge in [-0.15, -0.1) is 0 Å². The van der Waals surface area contributed by atoms with E-state index in [2.05, 4.69) is 15.3 Å². The number of hydrogen-bond donors (Lipinski definition) is 1. The average Bonchev–Trinajstić information content (AvgIpc) is 2.75. The summed E-state index contributed by atoms with van der Waals surface area (Å²) in [6, 6.07) is 0.135. The third kappa shape index (κ3) is 3.80. The van der Waals surface area contributed by atoms with Crippen LogP contribution < -0.4 is 10.2 Å². The number of aromatic nitrogens is 2. The second-order valence-corrected chi connectivity index (χ2v) is 5.51. The van der Waals surface area contributed by atoms with E-state index in [0.29, 0.717) is 11.6 Å². The van der Waals surface area contributed by atoms with Gasteiger partial charge in [0.2, 0.25) is 11.6 Å². The van der Waals surface area contributed by atoms with E-state index in [4.69, 9.17) is 0 Å². The summed E-state index contributed by atoms with van der Waals surface area (Å²) in [5, 5.41) is 14.6. The minimum absolute atomic E-state index is 0.000278. The number of anilines is 2. The zero-order valence-electron chi connectivity index (χ0n) is 12.7. The number of hydrogen-bond acceptors (Lipinski definition) is 6. The van der Waals surface area contributed by atoms with Gasteiger partial charge in [-0.25, -0.2) is 9.97 Å². The summed E-state index contributed by atoms with van der Waals surface area (Å²) in [6.45, 7) is 5.65. The van der Waals surface area contributed by atoms with Gasteiger partial charge < -0.3 is 10.2 Å². The van der Waals surface area contributed by atoms with Crippen LogP contribution in [-0.2, 0) is 0 Å². The van der Waals surface area contributed by atoms with Crippen LogP contribution in [-0.4, -0.2) is 34.0 Å². The summed E-state index contributed by atoms with van der Waals surface area (Å²) < 4.78 is 0. The molecule has 0 aromatic carbocycles. The summed E-state index contributed by atoms with van der Waals surface area (Å²) in [6.07, 6.45) is 6.74. The maximum absolute atomic E-state index is 11.5. The highest BCUT2D eigenvalue weighted by Crippen LogP contribution is 2.33. The largest absolute Gasteiger partial charge is 0.362 e. The van der Waals surface area contributed by atoms with Gasteiger partial charge in [-0.2, -0.15) is 0 Å². The van der Waals surface area contributed by atoms with E-state index in [1.807, 2.05) is 18.7 Å². The van der Waals surface area contributed by atoms with Crippen molar-refractivity contribution in [3.05, 3.63) is 16.4 Å². The molecule has 1 unspecified atom stereocenters. The molecule has 2 heterocycles. The van der Waals surface area contributed by atoms with Gasteiger partial charge in [0.05, 0.1) is 4.92 Å². The zero-order chi connectivity index (χ0) is 15.2. The number of nitrogens with one attached hydrogen (secondary N) is 1. The van der Waals surface area contributed by atoms with E-state index >= 15 is 0 Å². The van der Waals surface area contributed by atoms with E-state index in [-0.39, 0.29) is 16.7 Å². The van der Waals surface area contributed by atoms with E-state index in [0.717, 1.165) is 32.4 Å². The van der Waals surface area contributed by atoms with Gasteiger partial charge in [0.1, 0.15) is 6.33 Å². The third-order valence-corrected chi connectivity index (χ3v) is 3.89. The molecular weight excluding hydrogens is 270 g/mol. The zero-order valence-corrected chi connectivity index (χ0v) is 12.7. The highest BCUT2D eigenvalue weighted by atomic mass is 16.6. The Kier molecular flexibility index (Phi) is 5.30. The monoisotopic (exact) mass is 293 g/mol. The van der Waals surface area contributed by atoms with Crippen LogP contribution >= 0.6 is 0 Å². The highest BCUT2D eigenvalue weighted by molar-refractivity contribution is 5.70. The molecular formula is C14H23N5O2. The molecule has 1 aromatic heterocycles. The van der Waals surface area contributed by atoms with Crippen LogP contribution in [0.5, 0.6) is 0 Å². The Bertz CT molecular complexity index is 486. The van der Waals surface area contributed by atoms with Crippen molar-refractivity contribution in [3.8, 4) is 0 Å². The van der Waals surface area contributed by atoms with Gasteiger partial charge in [0, 0.05) is 19.1 Å². The van der Waals surface area contributed by atoms with Crippen molar-refractivity contribution in [2.75, 3.05) is 23.3 Å². The number of rotatable bonds is 5. The molecule has 7 nitrogen and oxygen atoms in total. The van der Waals surface area contributed by atoms with E-state index in [9.17, 15) is 10.1 Å². The fourth-order valence-corrected chi connectivity index (χ4v) is 2.49. The van der Waals surface area contributed by atoms with Crippen molar-refractivity contribution < 1.29 is 4.92 Å². The molecule has 0 aliphatic carbocycles. The van der Waals surface area contributed by atoms with Crippen LogP contribution in [0, 0.1) is 10.1 Å². The third-order valence-electron chi connectivity index (χ3n) is 3.89.